The summed E-state index contributed by atoms with van der Waals surface area (Å²) in [5.41, 5.74) is 0. The minimum Gasteiger partial charge on any atom is -0.393 e. The van der Waals surface area contributed by atoms with Crippen LogP contribution in [0.15, 0.2) is 0 Å². The Hall–Kier alpha value is -0.150. The van der Waals surface area contributed by atoms with Crippen LogP contribution >= 0.6 is 0 Å². The van der Waals surface area contributed by atoms with E-state index in [1.165, 1.54) is 0 Å². The highest BCUT2D eigenvalue weighted by Crippen LogP contribution is 2.20. The first-order chi connectivity index (χ1) is 4.84. The summed E-state index contributed by atoms with van der Waals surface area (Å²) >= 11 is 0. The Morgan fingerprint density at radius 2 is 2.10 bits per heavy atom. The van der Waals surface area contributed by atoms with Gasteiger partial charge in [-0.2, -0.15) is 0 Å². The van der Waals surface area contributed by atoms with Crippen molar-refractivity contribution in [3.63, 3.8) is 0 Å². The number of hydrogen-bond donors (Lipinski definition) is 1. The van der Waals surface area contributed by atoms with E-state index < -0.39 is 6.17 Å². The molecular formula is C7H13FO2. The van der Waals surface area contributed by atoms with E-state index in [4.69, 9.17) is 9.84 Å². The molecule has 0 aliphatic carbocycles. The Morgan fingerprint density at radius 1 is 1.50 bits per heavy atom. The quantitative estimate of drug-likeness (QED) is 0.626. The lowest BCUT2D eigenvalue weighted by atomic mass is 9.95. The standard InChI is InChI=1S/C7H13FO2/c8-7(5-9)6-1-3-10-4-2-6/h6-7,9H,1-5H2. The summed E-state index contributed by atoms with van der Waals surface area (Å²) in [4.78, 5) is 0. The van der Waals surface area contributed by atoms with Gasteiger partial charge in [-0.05, 0) is 18.8 Å². The highest BCUT2D eigenvalue weighted by molar-refractivity contribution is 4.70. The van der Waals surface area contributed by atoms with Gasteiger partial charge in [0.05, 0.1) is 6.61 Å². The number of aliphatic hydroxyl groups is 1. The van der Waals surface area contributed by atoms with E-state index in [-0.39, 0.29) is 12.5 Å². The Kier molecular flexibility index (Phi) is 3.09. The summed E-state index contributed by atoms with van der Waals surface area (Å²) in [5.74, 6) is 0.0266. The van der Waals surface area contributed by atoms with Gasteiger partial charge in [-0.25, -0.2) is 4.39 Å². The largest absolute Gasteiger partial charge is 0.393 e. The van der Waals surface area contributed by atoms with Gasteiger partial charge in [-0.15, -0.1) is 0 Å². The van der Waals surface area contributed by atoms with Gasteiger partial charge < -0.3 is 9.84 Å². The van der Waals surface area contributed by atoms with E-state index in [0.29, 0.717) is 13.2 Å². The van der Waals surface area contributed by atoms with E-state index in [9.17, 15) is 4.39 Å². The smallest absolute Gasteiger partial charge is 0.126 e. The number of halogens is 1. The molecule has 10 heavy (non-hydrogen) atoms. The molecule has 0 aromatic carbocycles. The molecule has 1 heterocycles. The molecule has 1 rings (SSSR count). The maximum atomic E-state index is 12.7. The predicted molar refractivity (Wildman–Crippen MR) is 35.5 cm³/mol. The molecule has 0 bridgehead atoms. The van der Waals surface area contributed by atoms with Crippen molar-refractivity contribution in [2.24, 2.45) is 5.92 Å². The fourth-order valence-corrected chi connectivity index (χ4v) is 1.23. The Labute approximate surface area is 60.0 Å². The average Bonchev–Trinajstić information content (AvgIpc) is 2.05. The van der Waals surface area contributed by atoms with Gasteiger partial charge in [0.1, 0.15) is 6.17 Å². The molecule has 1 aliphatic heterocycles. The summed E-state index contributed by atoms with van der Waals surface area (Å²) in [7, 11) is 0. The monoisotopic (exact) mass is 148 g/mol. The predicted octanol–water partition coefficient (Wildman–Crippen LogP) is 0.743. The molecule has 0 amide bonds. The van der Waals surface area contributed by atoms with E-state index >= 15 is 0 Å². The molecule has 1 N–H and O–H groups in total. The van der Waals surface area contributed by atoms with Crippen LogP contribution in [0.5, 0.6) is 0 Å². The third-order valence-electron chi connectivity index (χ3n) is 1.95. The molecule has 60 valence electrons. The topological polar surface area (TPSA) is 29.5 Å². The van der Waals surface area contributed by atoms with Crippen LogP contribution in [-0.4, -0.2) is 31.1 Å². The number of alkyl halides is 1. The first-order valence-corrected chi connectivity index (χ1v) is 3.67. The lowest BCUT2D eigenvalue weighted by Gasteiger charge is -2.23. The minimum atomic E-state index is -1.04. The third-order valence-corrected chi connectivity index (χ3v) is 1.95. The highest BCUT2D eigenvalue weighted by atomic mass is 19.1. The lowest BCUT2D eigenvalue weighted by Crippen LogP contribution is -2.26. The molecule has 0 aromatic rings. The third kappa shape index (κ3) is 1.92. The van der Waals surface area contributed by atoms with Crippen molar-refractivity contribution >= 4 is 0 Å². The number of ether oxygens (including phenoxy) is 1. The maximum Gasteiger partial charge on any atom is 0.126 e. The second-order valence-corrected chi connectivity index (χ2v) is 2.65. The summed E-state index contributed by atoms with van der Waals surface area (Å²) in [6, 6.07) is 0. The van der Waals surface area contributed by atoms with Gasteiger partial charge in [0.2, 0.25) is 0 Å². The van der Waals surface area contributed by atoms with Gasteiger partial charge >= 0.3 is 0 Å². The van der Waals surface area contributed by atoms with E-state index in [1.807, 2.05) is 0 Å². The zero-order valence-electron chi connectivity index (χ0n) is 5.92. The molecule has 1 fully saturated rings. The molecular weight excluding hydrogens is 135 g/mol. The normalized spacial score (nSPS) is 24.6. The van der Waals surface area contributed by atoms with Crippen LogP contribution in [0.3, 0.4) is 0 Å². The van der Waals surface area contributed by atoms with Crippen LogP contribution in [0.4, 0.5) is 4.39 Å². The van der Waals surface area contributed by atoms with Crippen LogP contribution < -0.4 is 0 Å². The lowest BCUT2D eigenvalue weighted by molar-refractivity contribution is 0.0207. The second-order valence-electron chi connectivity index (χ2n) is 2.65. The van der Waals surface area contributed by atoms with Crippen LogP contribution in [0, 0.1) is 5.92 Å². The van der Waals surface area contributed by atoms with Crippen molar-refractivity contribution in [1.29, 1.82) is 0 Å². The van der Waals surface area contributed by atoms with Gasteiger partial charge in [-0.3, -0.25) is 0 Å². The Balaban J connectivity index is 2.24. The number of rotatable bonds is 2. The fourth-order valence-electron chi connectivity index (χ4n) is 1.23. The number of hydrogen-bond acceptors (Lipinski definition) is 2. The first kappa shape index (κ1) is 7.95. The zero-order chi connectivity index (χ0) is 7.40. The van der Waals surface area contributed by atoms with E-state index in [0.717, 1.165) is 12.8 Å². The zero-order valence-corrected chi connectivity index (χ0v) is 5.92. The highest BCUT2D eigenvalue weighted by Gasteiger charge is 2.22. The van der Waals surface area contributed by atoms with Crippen molar-refractivity contribution in [3.05, 3.63) is 0 Å². The summed E-state index contributed by atoms with van der Waals surface area (Å²) in [6.45, 7) is 0.945. The van der Waals surface area contributed by atoms with Gasteiger partial charge in [-0.1, -0.05) is 0 Å². The van der Waals surface area contributed by atoms with E-state index in [1.54, 1.807) is 0 Å². The maximum absolute atomic E-state index is 12.7. The molecule has 1 atom stereocenters. The van der Waals surface area contributed by atoms with Crippen LogP contribution in [0.2, 0.25) is 0 Å². The molecule has 0 spiro atoms. The Morgan fingerprint density at radius 3 is 2.60 bits per heavy atom. The molecule has 1 unspecified atom stereocenters. The molecule has 2 nitrogen and oxygen atoms in total. The average molecular weight is 148 g/mol. The molecule has 1 aliphatic rings. The minimum absolute atomic E-state index is 0.0266. The van der Waals surface area contributed by atoms with Crippen LogP contribution in [0.25, 0.3) is 0 Å². The first-order valence-electron chi connectivity index (χ1n) is 3.67. The van der Waals surface area contributed by atoms with Crippen molar-refractivity contribution in [1.82, 2.24) is 0 Å². The van der Waals surface area contributed by atoms with Crippen molar-refractivity contribution in [3.8, 4) is 0 Å². The van der Waals surface area contributed by atoms with E-state index in [2.05, 4.69) is 0 Å². The van der Waals surface area contributed by atoms with Crippen molar-refractivity contribution < 1.29 is 14.2 Å². The Bertz CT molecular complexity index is 91.6. The summed E-state index contributed by atoms with van der Waals surface area (Å²) in [6.07, 6.45) is 0.465. The van der Waals surface area contributed by atoms with Crippen molar-refractivity contribution in [2.45, 2.75) is 19.0 Å². The van der Waals surface area contributed by atoms with Crippen LogP contribution in [0.1, 0.15) is 12.8 Å². The second kappa shape index (κ2) is 3.88. The molecule has 0 aromatic heterocycles. The fraction of sp³-hybridized carbons (Fsp3) is 1.00. The van der Waals surface area contributed by atoms with Crippen molar-refractivity contribution in [2.75, 3.05) is 19.8 Å². The molecule has 0 saturated carbocycles. The molecule has 1 saturated heterocycles. The molecule has 3 heteroatoms. The number of aliphatic hydroxyl groups excluding tert-OH is 1. The SMILES string of the molecule is OCC(F)C1CCOCC1. The summed E-state index contributed by atoms with van der Waals surface area (Å²) in [5, 5.41) is 8.47. The summed E-state index contributed by atoms with van der Waals surface area (Å²) < 4.78 is 17.8. The van der Waals surface area contributed by atoms with Crippen LogP contribution in [-0.2, 0) is 4.74 Å². The molecule has 0 radical (unpaired) electrons. The van der Waals surface area contributed by atoms with Gasteiger partial charge in [0.25, 0.3) is 0 Å². The van der Waals surface area contributed by atoms with Gasteiger partial charge in [0, 0.05) is 13.2 Å². The van der Waals surface area contributed by atoms with Gasteiger partial charge in [0.15, 0.2) is 0 Å².